The van der Waals surface area contributed by atoms with Gasteiger partial charge in [-0.05, 0) is 12.1 Å². The first-order valence-corrected chi connectivity index (χ1v) is 3.94. The molecule has 0 aliphatic carbocycles. The van der Waals surface area contributed by atoms with Gasteiger partial charge in [-0.25, -0.2) is 4.98 Å². The zero-order valence-corrected chi connectivity index (χ0v) is 7.68. The molecule has 0 aromatic carbocycles. The number of rotatable bonds is 2. The summed E-state index contributed by atoms with van der Waals surface area (Å²) in [6.07, 6.45) is 0. The van der Waals surface area contributed by atoms with Crippen molar-refractivity contribution in [3.63, 3.8) is 0 Å². The topological polar surface area (TPSA) is 47.0 Å². The molecule has 12 heavy (non-hydrogen) atoms. The lowest BCUT2D eigenvalue weighted by molar-refractivity contribution is 0.108. The van der Waals surface area contributed by atoms with E-state index in [2.05, 4.69) is 30.2 Å². The van der Waals surface area contributed by atoms with Crippen molar-refractivity contribution in [2.45, 2.75) is 0 Å². The van der Waals surface area contributed by atoms with Crippen molar-refractivity contribution in [3.05, 3.63) is 29.6 Å². The molecule has 1 rings (SSSR count). The van der Waals surface area contributed by atoms with Gasteiger partial charge in [0.05, 0.1) is 0 Å². The van der Waals surface area contributed by atoms with Crippen LogP contribution in [-0.2, 0) is 0 Å². The average Bonchev–Trinajstić information content (AvgIpc) is 2.04. The molecule has 0 spiro atoms. The molecule has 0 saturated carbocycles. The van der Waals surface area contributed by atoms with E-state index in [-0.39, 0.29) is 11.4 Å². The Balaban J connectivity index is 3.12. The van der Waals surface area contributed by atoms with Crippen molar-refractivity contribution in [2.24, 2.45) is 0 Å². The quantitative estimate of drug-likeness (QED) is 0.704. The van der Waals surface area contributed by atoms with Crippen molar-refractivity contribution >= 4 is 35.5 Å². The molecular weight excluding hydrogens is 194 g/mol. The lowest BCUT2D eigenvalue weighted by atomic mass is 10.3. The second kappa shape index (κ2) is 3.73. The first kappa shape index (κ1) is 9.28. The number of nitrogens with zero attached hydrogens (tertiary/aromatic N) is 1. The number of hydrogen-bond donors (Lipinski definition) is 2. The molecule has 1 heterocycles. The van der Waals surface area contributed by atoms with Gasteiger partial charge < -0.3 is 0 Å². The summed E-state index contributed by atoms with van der Waals surface area (Å²) in [5.41, 5.74) is 0.302. The summed E-state index contributed by atoms with van der Waals surface area (Å²) in [7, 11) is 0. The molecule has 0 unspecified atom stereocenters. The molecule has 0 saturated heterocycles. The third-order valence-electron chi connectivity index (χ3n) is 1.19. The van der Waals surface area contributed by atoms with Crippen LogP contribution in [0.1, 0.15) is 21.0 Å². The molecule has 1 aromatic rings. The van der Waals surface area contributed by atoms with Gasteiger partial charge >= 0.3 is 0 Å². The molecule has 0 aliphatic heterocycles. The number of aromatic nitrogens is 1. The van der Waals surface area contributed by atoms with Gasteiger partial charge in [0.25, 0.3) is 0 Å². The Morgan fingerprint density at radius 2 is 1.50 bits per heavy atom. The highest BCUT2D eigenvalue weighted by atomic mass is 32.1. The Morgan fingerprint density at radius 3 is 1.83 bits per heavy atom. The van der Waals surface area contributed by atoms with Crippen molar-refractivity contribution < 1.29 is 9.59 Å². The summed E-state index contributed by atoms with van der Waals surface area (Å²) < 4.78 is 0. The molecule has 62 valence electrons. The first-order valence-electron chi connectivity index (χ1n) is 3.05. The fraction of sp³-hybridized carbons (Fsp3) is 0. The SMILES string of the molecule is O=C(S)c1cccc(C(=O)S)n1. The Bertz CT molecular complexity index is 309. The maximum atomic E-state index is 10.7. The summed E-state index contributed by atoms with van der Waals surface area (Å²) in [6, 6.07) is 4.52. The van der Waals surface area contributed by atoms with Gasteiger partial charge in [-0.15, -0.1) is 0 Å². The fourth-order valence-corrected chi connectivity index (χ4v) is 0.922. The number of carbonyl (C=O) groups is 2. The van der Waals surface area contributed by atoms with E-state index >= 15 is 0 Å². The van der Waals surface area contributed by atoms with Crippen LogP contribution in [0.15, 0.2) is 18.2 Å². The minimum atomic E-state index is -0.466. The normalized spacial score (nSPS) is 9.50. The van der Waals surface area contributed by atoms with Gasteiger partial charge in [-0.1, -0.05) is 31.3 Å². The van der Waals surface area contributed by atoms with Crippen LogP contribution in [0.25, 0.3) is 0 Å². The smallest absolute Gasteiger partial charge is 0.234 e. The summed E-state index contributed by atoms with van der Waals surface area (Å²) >= 11 is 7.13. The molecule has 0 fully saturated rings. The highest BCUT2D eigenvalue weighted by Gasteiger charge is 2.05. The standard InChI is InChI=1S/C7H5NO2S2/c9-6(11)4-2-1-3-5(8-4)7(10)12/h1-3H,(H,9,11)(H,10,12). The molecular formula is C7H5NO2S2. The van der Waals surface area contributed by atoms with Crippen LogP contribution in [-0.4, -0.2) is 15.2 Å². The van der Waals surface area contributed by atoms with E-state index in [9.17, 15) is 9.59 Å². The van der Waals surface area contributed by atoms with Crippen LogP contribution in [0.3, 0.4) is 0 Å². The first-order chi connectivity index (χ1) is 5.61. The third-order valence-corrected chi connectivity index (χ3v) is 1.65. The maximum absolute atomic E-state index is 10.7. The monoisotopic (exact) mass is 199 g/mol. The predicted octanol–water partition coefficient (Wildman–Crippen LogP) is 1.22. The Hall–Kier alpha value is -0.810. The summed E-state index contributed by atoms with van der Waals surface area (Å²) in [4.78, 5) is 25.1. The van der Waals surface area contributed by atoms with Crippen LogP contribution < -0.4 is 0 Å². The summed E-state index contributed by atoms with van der Waals surface area (Å²) in [5, 5.41) is -0.933. The Morgan fingerprint density at radius 1 is 1.08 bits per heavy atom. The molecule has 3 nitrogen and oxygen atoms in total. The van der Waals surface area contributed by atoms with Gasteiger partial charge in [0, 0.05) is 0 Å². The van der Waals surface area contributed by atoms with Gasteiger partial charge in [0.2, 0.25) is 10.2 Å². The molecule has 5 heteroatoms. The van der Waals surface area contributed by atoms with Crippen LogP contribution in [0, 0.1) is 0 Å². The minimum absolute atomic E-state index is 0.151. The fourth-order valence-electron chi connectivity index (χ4n) is 0.673. The van der Waals surface area contributed by atoms with Gasteiger partial charge in [-0.3, -0.25) is 9.59 Å². The molecule has 0 N–H and O–H groups in total. The largest absolute Gasteiger partial charge is 0.280 e. The minimum Gasteiger partial charge on any atom is -0.280 e. The second-order valence-electron chi connectivity index (χ2n) is 2.02. The summed E-state index contributed by atoms with van der Waals surface area (Å²) in [6.45, 7) is 0. The maximum Gasteiger partial charge on any atom is 0.234 e. The van der Waals surface area contributed by atoms with Gasteiger partial charge in [0.1, 0.15) is 11.4 Å². The molecule has 0 aliphatic rings. The van der Waals surface area contributed by atoms with Crippen LogP contribution in [0.4, 0.5) is 0 Å². The number of thiol groups is 2. The number of pyridine rings is 1. The van der Waals surface area contributed by atoms with E-state index in [1.807, 2.05) is 0 Å². The highest BCUT2D eigenvalue weighted by molar-refractivity contribution is 7.97. The molecule has 0 atom stereocenters. The van der Waals surface area contributed by atoms with Crippen LogP contribution in [0.2, 0.25) is 0 Å². The Kier molecular flexibility index (Phi) is 2.88. The number of hydrogen-bond acceptors (Lipinski definition) is 3. The third kappa shape index (κ3) is 2.09. The molecule has 0 radical (unpaired) electrons. The van der Waals surface area contributed by atoms with Gasteiger partial charge in [0.15, 0.2) is 0 Å². The number of carbonyl (C=O) groups excluding carboxylic acids is 2. The lowest BCUT2D eigenvalue weighted by Gasteiger charge is -1.95. The van der Waals surface area contributed by atoms with Crippen molar-refractivity contribution in [3.8, 4) is 0 Å². The van der Waals surface area contributed by atoms with Gasteiger partial charge in [-0.2, -0.15) is 0 Å². The van der Waals surface area contributed by atoms with Crippen molar-refractivity contribution in [1.29, 1.82) is 0 Å². The highest BCUT2D eigenvalue weighted by Crippen LogP contribution is 2.04. The van der Waals surface area contributed by atoms with E-state index in [0.29, 0.717) is 0 Å². The van der Waals surface area contributed by atoms with Crippen molar-refractivity contribution in [2.75, 3.05) is 0 Å². The van der Waals surface area contributed by atoms with Crippen molar-refractivity contribution in [1.82, 2.24) is 4.98 Å². The van der Waals surface area contributed by atoms with E-state index in [1.165, 1.54) is 12.1 Å². The van der Waals surface area contributed by atoms with Crippen LogP contribution in [0.5, 0.6) is 0 Å². The molecule has 0 bridgehead atoms. The van der Waals surface area contributed by atoms with Crippen LogP contribution >= 0.6 is 25.3 Å². The van der Waals surface area contributed by atoms with E-state index in [1.54, 1.807) is 6.07 Å². The Labute approximate surface area is 80.0 Å². The molecule has 0 amide bonds. The molecule has 1 aromatic heterocycles. The zero-order chi connectivity index (χ0) is 9.14. The zero-order valence-electron chi connectivity index (χ0n) is 5.89. The lowest BCUT2D eigenvalue weighted by Crippen LogP contribution is -2.00. The second-order valence-corrected chi connectivity index (χ2v) is 2.83. The average molecular weight is 199 g/mol. The predicted molar refractivity (Wildman–Crippen MR) is 50.9 cm³/mol. The summed E-state index contributed by atoms with van der Waals surface area (Å²) in [5.74, 6) is 0. The van der Waals surface area contributed by atoms with E-state index in [0.717, 1.165) is 0 Å². The van der Waals surface area contributed by atoms with E-state index < -0.39 is 10.2 Å². The van der Waals surface area contributed by atoms with E-state index in [4.69, 9.17) is 0 Å².